The molecule has 1 rings (SSSR count). The lowest BCUT2D eigenvalue weighted by atomic mass is 10.2. The Kier molecular flexibility index (Phi) is 6.08. The molecule has 0 bridgehead atoms. The predicted molar refractivity (Wildman–Crippen MR) is 78.2 cm³/mol. The molecule has 0 fully saturated rings. The average Bonchev–Trinajstić information content (AvgIpc) is 2.35. The number of nitrogens with one attached hydrogen (secondary N) is 1. The minimum Gasteiger partial charge on any atom is -0.444 e. The van der Waals surface area contributed by atoms with E-state index in [4.69, 9.17) is 4.74 Å². The van der Waals surface area contributed by atoms with E-state index < -0.39 is 17.8 Å². The van der Waals surface area contributed by atoms with Gasteiger partial charge in [-0.25, -0.2) is 4.79 Å². The Balaban J connectivity index is 2.29. The van der Waals surface area contributed by atoms with E-state index >= 15 is 0 Å². The van der Waals surface area contributed by atoms with Gasteiger partial charge in [-0.15, -0.1) is 0 Å². The highest BCUT2D eigenvalue weighted by molar-refractivity contribution is 5.67. The number of aliphatic hydroxyl groups excluding tert-OH is 1. The third kappa shape index (κ3) is 7.45. The summed E-state index contributed by atoms with van der Waals surface area (Å²) in [5, 5.41) is 12.3. The van der Waals surface area contributed by atoms with Crippen LogP contribution in [0.4, 0.5) is 4.79 Å². The lowest BCUT2D eigenvalue weighted by Crippen LogP contribution is -2.33. The van der Waals surface area contributed by atoms with Crippen molar-refractivity contribution in [3.8, 4) is 11.8 Å². The standard InChI is InChI=1S/C16H21NO3/c1-16(2,3)20-15(19)17-12-11-14(18)10-9-13-7-5-4-6-8-13/h4-8,14,18H,11-12H2,1-3H3,(H,17,19). The molecule has 0 aliphatic heterocycles. The van der Waals surface area contributed by atoms with Crippen molar-refractivity contribution in [2.24, 2.45) is 0 Å². The quantitative estimate of drug-likeness (QED) is 0.832. The van der Waals surface area contributed by atoms with Crippen LogP contribution in [0.25, 0.3) is 0 Å². The highest BCUT2D eigenvalue weighted by atomic mass is 16.6. The molecule has 1 aromatic rings. The minimum absolute atomic E-state index is 0.319. The molecule has 0 saturated heterocycles. The van der Waals surface area contributed by atoms with Gasteiger partial charge in [-0.3, -0.25) is 0 Å². The number of hydrogen-bond acceptors (Lipinski definition) is 3. The largest absolute Gasteiger partial charge is 0.444 e. The van der Waals surface area contributed by atoms with Crippen molar-refractivity contribution in [1.82, 2.24) is 5.32 Å². The van der Waals surface area contributed by atoms with Gasteiger partial charge in [0.25, 0.3) is 0 Å². The number of carbonyl (C=O) groups is 1. The molecule has 2 N–H and O–H groups in total. The van der Waals surface area contributed by atoms with Crippen LogP contribution in [0, 0.1) is 11.8 Å². The molecule has 0 aromatic heterocycles. The Morgan fingerprint density at radius 3 is 2.60 bits per heavy atom. The summed E-state index contributed by atoms with van der Waals surface area (Å²) in [6, 6.07) is 9.44. The van der Waals surface area contributed by atoms with Gasteiger partial charge >= 0.3 is 6.09 Å². The fourth-order valence-corrected chi connectivity index (χ4v) is 1.39. The molecule has 1 amide bonds. The Labute approximate surface area is 120 Å². The summed E-state index contributed by atoms with van der Waals surface area (Å²) < 4.78 is 5.08. The molecule has 0 spiro atoms. The molecule has 4 heteroatoms. The normalized spacial score (nSPS) is 12.0. The van der Waals surface area contributed by atoms with Crippen molar-refractivity contribution >= 4 is 6.09 Å². The van der Waals surface area contributed by atoms with Crippen molar-refractivity contribution in [3.63, 3.8) is 0 Å². The smallest absolute Gasteiger partial charge is 0.407 e. The molecular formula is C16H21NO3. The molecule has 0 aliphatic carbocycles. The second-order valence-electron chi connectivity index (χ2n) is 5.37. The highest BCUT2D eigenvalue weighted by Gasteiger charge is 2.15. The summed E-state index contributed by atoms with van der Waals surface area (Å²) in [4.78, 5) is 11.4. The van der Waals surface area contributed by atoms with Gasteiger partial charge in [0.05, 0.1) is 0 Å². The minimum atomic E-state index is -0.773. The van der Waals surface area contributed by atoms with Gasteiger partial charge in [0.15, 0.2) is 0 Å². The van der Waals surface area contributed by atoms with Crippen LogP contribution in [0.3, 0.4) is 0 Å². The molecule has 0 heterocycles. The van der Waals surface area contributed by atoms with Crippen molar-refractivity contribution in [3.05, 3.63) is 35.9 Å². The molecule has 108 valence electrons. The van der Waals surface area contributed by atoms with Crippen LogP contribution in [0.5, 0.6) is 0 Å². The number of carbonyl (C=O) groups excluding carboxylic acids is 1. The number of aliphatic hydroxyl groups is 1. The fourth-order valence-electron chi connectivity index (χ4n) is 1.39. The lowest BCUT2D eigenvalue weighted by molar-refractivity contribution is 0.0522. The van der Waals surface area contributed by atoms with Crippen LogP contribution >= 0.6 is 0 Å². The van der Waals surface area contributed by atoms with Crippen LogP contribution in [-0.2, 0) is 4.74 Å². The first-order valence-corrected chi connectivity index (χ1v) is 6.58. The number of hydrogen-bond donors (Lipinski definition) is 2. The van der Waals surface area contributed by atoms with Gasteiger partial charge in [0.2, 0.25) is 0 Å². The van der Waals surface area contributed by atoms with E-state index in [2.05, 4.69) is 17.2 Å². The molecule has 1 atom stereocenters. The monoisotopic (exact) mass is 275 g/mol. The molecule has 4 nitrogen and oxygen atoms in total. The van der Waals surface area contributed by atoms with E-state index in [1.165, 1.54) is 0 Å². The first-order valence-electron chi connectivity index (χ1n) is 6.58. The number of alkyl carbamates (subject to hydrolysis) is 1. The van der Waals surface area contributed by atoms with Crippen molar-refractivity contribution in [1.29, 1.82) is 0 Å². The number of ether oxygens (including phenoxy) is 1. The van der Waals surface area contributed by atoms with Gasteiger partial charge in [-0.05, 0) is 32.9 Å². The highest BCUT2D eigenvalue weighted by Crippen LogP contribution is 2.06. The maximum Gasteiger partial charge on any atom is 0.407 e. The fraction of sp³-hybridized carbons (Fsp3) is 0.438. The average molecular weight is 275 g/mol. The Bertz CT molecular complexity index is 480. The Morgan fingerprint density at radius 2 is 2.00 bits per heavy atom. The van der Waals surface area contributed by atoms with E-state index in [1.54, 1.807) is 20.8 Å². The predicted octanol–water partition coefficient (Wildman–Crippen LogP) is 2.31. The Morgan fingerprint density at radius 1 is 1.35 bits per heavy atom. The number of benzene rings is 1. The third-order valence-electron chi connectivity index (χ3n) is 2.24. The first-order chi connectivity index (χ1) is 9.37. The molecule has 0 radical (unpaired) electrons. The van der Waals surface area contributed by atoms with E-state index in [-0.39, 0.29) is 0 Å². The van der Waals surface area contributed by atoms with E-state index in [1.807, 2.05) is 30.3 Å². The van der Waals surface area contributed by atoms with Crippen LogP contribution in [-0.4, -0.2) is 29.4 Å². The molecule has 20 heavy (non-hydrogen) atoms. The van der Waals surface area contributed by atoms with Crippen LogP contribution < -0.4 is 5.32 Å². The molecule has 0 aliphatic rings. The Hall–Kier alpha value is -1.99. The maximum atomic E-state index is 11.4. The second-order valence-corrected chi connectivity index (χ2v) is 5.37. The van der Waals surface area contributed by atoms with Crippen molar-refractivity contribution < 1.29 is 14.6 Å². The zero-order chi connectivity index (χ0) is 15.0. The van der Waals surface area contributed by atoms with Gasteiger partial charge in [0.1, 0.15) is 11.7 Å². The second kappa shape index (κ2) is 7.56. The van der Waals surface area contributed by atoms with E-state index in [9.17, 15) is 9.90 Å². The third-order valence-corrected chi connectivity index (χ3v) is 2.24. The zero-order valence-electron chi connectivity index (χ0n) is 12.1. The molecule has 0 saturated carbocycles. The molecule has 1 aromatic carbocycles. The topological polar surface area (TPSA) is 58.6 Å². The summed E-state index contributed by atoms with van der Waals surface area (Å²) in [5.41, 5.74) is 0.335. The maximum absolute atomic E-state index is 11.4. The summed E-state index contributed by atoms with van der Waals surface area (Å²) in [6.45, 7) is 5.71. The van der Waals surface area contributed by atoms with Gasteiger partial charge in [-0.2, -0.15) is 0 Å². The summed E-state index contributed by atoms with van der Waals surface area (Å²) in [5.74, 6) is 5.61. The molecule has 1 unspecified atom stereocenters. The van der Waals surface area contributed by atoms with Crippen molar-refractivity contribution in [2.75, 3.05) is 6.54 Å². The molecular weight excluding hydrogens is 254 g/mol. The van der Waals surface area contributed by atoms with Crippen LogP contribution in [0.15, 0.2) is 30.3 Å². The summed E-state index contributed by atoms with van der Waals surface area (Å²) >= 11 is 0. The van der Waals surface area contributed by atoms with E-state index in [0.717, 1.165) is 5.56 Å². The van der Waals surface area contributed by atoms with Crippen LogP contribution in [0.1, 0.15) is 32.8 Å². The first kappa shape index (κ1) is 16.1. The number of rotatable bonds is 3. The lowest BCUT2D eigenvalue weighted by Gasteiger charge is -2.19. The zero-order valence-corrected chi connectivity index (χ0v) is 12.1. The summed E-state index contributed by atoms with van der Waals surface area (Å²) in [7, 11) is 0. The van der Waals surface area contributed by atoms with Gasteiger partial charge in [0, 0.05) is 18.5 Å². The van der Waals surface area contributed by atoms with Crippen molar-refractivity contribution in [2.45, 2.75) is 38.9 Å². The van der Waals surface area contributed by atoms with Gasteiger partial charge < -0.3 is 15.2 Å². The van der Waals surface area contributed by atoms with E-state index in [0.29, 0.717) is 13.0 Å². The number of amides is 1. The summed E-state index contributed by atoms with van der Waals surface area (Å²) in [6.07, 6.45) is -0.898. The van der Waals surface area contributed by atoms with Gasteiger partial charge in [-0.1, -0.05) is 30.0 Å². The SMILES string of the molecule is CC(C)(C)OC(=O)NCCC(O)C#Cc1ccccc1. The van der Waals surface area contributed by atoms with Crippen LogP contribution in [0.2, 0.25) is 0 Å².